The quantitative estimate of drug-likeness (QED) is 0.820. The number of hydrogen-bond acceptors (Lipinski definition) is 4. The molecule has 0 aromatic heterocycles. The van der Waals surface area contributed by atoms with Crippen molar-refractivity contribution in [2.24, 2.45) is 0 Å². The predicted octanol–water partition coefficient (Wildman–Crippen LogP) is 1.11. The largest absolute Gasteiger partial charge is 0.496 e. The lowest BCUT2D eigenvalue weighted by Crippen LogP contribution is -2.53. The minimum absolute atomic E-state index is 0.130. The number of fused-ring (bicyclic) bond motifs is 1. The molecule has 1 atom stereocenters. The minimum atomic E-state index is -0.489. The maximum absolute atomic E-state index is 13.4. The zero-order valence-electron chi connectivity index (χ0n) is 11.5. The average Bonchev–Trinajstić information content (AvgIpc) is 2.87. The maximum Gasteiger partial charge on any atom is 0.410 e. The van der Waals surface area contributed by atoms with E-state index < -0.39 is 5.82 Å². The van der Waals surface area contributed by atoms with Crippen LogP contribution in [0, 0.1) is 5.82 Å². The Morgan fingerprint density at radius 3 is 3.00 bits per heavy atom. The fraction of sp³-hybridized carbons (Fsp3) is 0.429. The van der Waals surface area contributed by atoms with Crippen molar-refractivity contribution in [2.45, 2.75) is 6.04 Å². The molecule has 1 unspecified atom stereocenters. The van der Waals surface area contributed by atoms with Crippen LogP contribution >= 0.6 is 0 Å². The molecule has 2 saturated heterocycles. The third-order valence-electron chi connectivity index (χ3n) is 3.80. The van der Waals surface area contributed by atoms with Crippen LogP contribution in [0.4, 0.5) is 9.18 Å². The number of methoxy groups -OCH3 is 1. The summed E-state index contributed by atoms with van der Waals surface area (Å²) < 4.78 is 23.5. The summed E-state index contributed by atoms with van der Waals surface area (Å²) in [5.41, 5.74) is 0.191. The number of ether oxygens (including phenoxy) is 2. The third-order valence-corrected chi connectivity index (χ3v) is 3.80. The molecule has 2 amide bonds. The molecule has 1 aromatic rings. The summed E-state index contributed by atoms with van der Waals surface area (Å²) >= 11 is 0. The van der Waals surface area contributed by atoms with Crippen molar-refractivity contribution in [3.05, 3.63) is 29.6 Å². The van der Waals surface area contributed by atoms with Gasteiger partial charge in [0.2, 0.25) is 0 Å². The summed E-state index contributed by atoms with van der Waals surface area (Å²) in [5.74, 6) is -0.454. The number of cyclic esters (lactones) is 1. The van der Waals surface area contributed by atoms with Gasteiger partial charge in [-0.3, -0.25) is 9.69 Å². The summed E-state index contributed by atoms with van der Waals surface area (Å²) in [5, 5.41) is 0. The van der Waals surface area contributed by atoms with E-state index in [1.165, 1.54) is 25.3 Å². The van der Waals surface area contributed by atoms with Crippen molar-refractivity contribution in [1.82, 2.24) is 9.80 Å². The van der Waals surface area contributed by atoms with Crippen LogP contribution in [0.5, 0.6) is 5.75 Å². The van der Waals surface area contributed by atoms with Crippen LogP contribution in [0.3, 0.4) is 0 Å². The molecule has 6 nitrogen and oxygen atoms in total. The summed E-state index contributed by atoms with van der Waals surface area (Å²) in [6.07, 6.45) is -0.338. The lowest BCUT2D eigenvalue weighted by atomic mass is 10.1. The SMILES string of the molecule is COc1ccc(F)cc1C(=O)N1CCN2C(=O)OCC2C1. The number of nitrogens with zero attached hydrogens (tertiary/aromatic N) is 2. The molecule has 0 saturated carbocycles. The van der Waals surface area contributed by atoms with Gasteiger partial charge in [0, 0.05) is 19.6 Å². The smallest absolute Gasteiger partial charge is 0.410 e. The molecule has 7 heteroatoms. The Labute approximate surface area is 121 Å². The number of carbonyl (C=O) groups is 2. The molecule has 2 heterocycles. The van der Waals surface area contributed by atoms with Gasteiger partial charge in [-0.05, 0) is 18.2 Å². The first-order chi connectivity index (χ1) is 10.1. The molecule has 3 rings (SSSR count). The minimum Gasteiger partial charge on any atom is -0.496 e. The van der Waals surface area contributed by atoms with E-state index in [0.29, 0.717) is 25.4 Å². The highest BCUT2D eigenvalue weighted by atomic mass is 19.1. The molecule has 2 fully saturated rings. The monoisotopic (exact) mass is 294 g/mol. The van der Waals surface area contributed by atoms with Crippen LogP contribution in [0.15, 0.2) is 18.2 Å². The summed E-state index contributed by atoms with van der Waals surface area (Å²) in [6.45, 7) is 1.48. The molecule has 2 aliphatic heterocycles. The number of carbonyl (C=O) groups excluding carboxylic acids is 2. The molecule has 0 spiro atoms. The Morgan fingerprint density at radius 1 is 1.43 bits per heavy atom. The summed E-state index contributed by atoms with van der Waals surface area (Å²) in [6, 6.07) is 3.72. The van der Waals surface area contributed by atoms with E-state index in [4.69, 9.17) is 9.47 Å². The van der Waals surface area contributed by atoms with Crippen LogP contribution in [0.1, 0.15) is 10.4 Å². The molecule has 0 radical (unpaired) electrons. The molecular formula is C14H15FN2O4. The van der Waals surface area contributed by atoms with Gasteiger partial charge in [-0.15, -0.1) is 0 Å². The van der Waals surface area contributed by atoms with E-state index in [0.717, 1.165) is 0 Å². The maximum atomic E-state index is 13.4. The van der Waals surface area contributed by atoms with Gasteiger partial charge >= 0.3 is 6.09 Å². The average molecular weight is 294 g/mol. The Balaban J connectivity index is 1.80. The molecule has 112 valence electrons. The van der Waals surface area contributed by atoms with E-state index in [1.807, 2.05) is 0 Å². The van der Waals surface area contributed by atoms with Crippen molar-refractivity contribution >= 4 is 12.0 Å². The number of amides is 2. The number of rotatable bonds is 2. The standard InChI is InChI=1S/C14H15FN2O4/c1-20-12-3-2-9(15)6-11(12)13(18)16-4-5-17-10(7-16)8-21-14(17)19/h2-3,6,10H,4-5,7-8H2,1H3. The van der Waals surface area contributed by atoms with Crippen molar-refractivity contribution < 1.29 is 23.5 Å². The van der Waals surface area contributed by atoms with Crippen LogP contribution in [0.2, 0.25) is 0 Å². The van der Waals surface area contributed by atoms with E-state index in [2.05, 4.69) is 0 Å². The zero-order valence-corrected chi connectivity index (χ0v) is 11.5. The molecule has 0 N–H and O–H groups in total. The van der Waals surface area contributed by atoms with Gasteiger partial charge in [0.1, 0.15) is 18.2 Å². The van der Waals surface area contributed by atoms with E-state index in [-0.39, 0.29) is 30.2 Å². The number of benzene rings is 1. The fourth-order valence-electron chi connectivity index (χ4n) is 2.69. The second-order valence-electron chi connectivity index (χ2n) is 5.02. The van der Waals surface area contributed by atoms with Gasteiger partial charge < -0.3 is 14.4 Å². The number of hydrogen-bond donors (Lipinski definition) is 0. The topological polar surface area (TPSA) is 59.1 Å². The number of piperazine rings is 1. The van der Waals surface area contributed by atoms with Gasteiger partial charge in [0.05, 0.1) is 18.7 Å². The Hall–Kier alpha value is -2.31. The Bertz CT molecular complexity index is 592. The number of halogens is 1. The third kappa shape index (κ3) is 2.39. The van der Waals surface area contributed by atoms with Gasteiger partial charge in [-0.25, -0.2) is 9.18 Å². The van der Waals surface area contributed by atoms with E-state index >= 15 is 0 Å². The van der Waals surface area contributed by atoms with E-state index in [9.17, 15) is 14.0 Å². The van der Waals surface area contributed by atoms with Crippen LogP contribution in [0.25, 0.3) is 0 Å². The second kappa shape index (κ2) is 5.23. The van der Waals surface area contributed by atoms with Gasteiger partial charge in [0.25, 0.3) is 5.91 Å². The molecular weight excluding hydrogens is 279 g/mol. The zero-order chi connectivity index (χ0) is 15.0. The van der Waals surface area contributed by atoms with Crippen molar-refractivity contribution in [3.8, 4) is 5.75 Å². The molecule has 2 aliphatic rings. The molecule has 0 bridgehead atoms. The first-order valence-electron chi connectivity index (χ1n) is 6.66. The Morgan fingerprint density at radius 2 is 2.24 bits per heavy atom. The fourth-order valence-corrected chi connectivity index (χ4v) is 2.69. The molecule has 0 aliphatic carbocycles. The van der Waals surface area contributed by atoms with Crippen LogP contribution in [-0.2, 0) is 4.74 Å². The van der Waals surface area contributed by atoms with Crippen molar-refractivity contribution in [1.29, 1.82) is 0 Å². The van der Waals surface area contributed by atoms with Crippen LogP contribution in [-0.4, -0.2) is 61.2 Å². The van der Waals surface area contributed by atoms with Gasteiger partial charge in [-0.1, -0.05) is 0 Å². The highest BCUT2D eigenvalue weighted by Gasteiger charge is 2.39. The van der Waals surface area contributed by atoms with Gasteiger partial charge in [0.15, 0.2) is 0 Å². The Kier molecular flexibility index (Phi) is 3.40. The summed E-state index contributed by atoms with van der Waals surface area (Å²) in [7, 11) is 1.44. The molecule has 21 heavy (non-hydrogen) atoms. The first kappa shape index (κ1) is 13.7. The molecule has 1 aromatic carbocycles. The van der Waals surface area contributed by atoms with Gasteiger partial charge in [-0.2, -0.15) is 0 Å². The van der Waals surface area contributed by atoms with E-state index in [1.54, 1.807) is 9.80 Å². The first-order valence-corrected chi connectivity index (χ1v) is 6.66. The van der Waals surface area contributed by atoms with Crippen LogP contribution < -0.4 is 4.74 Å². The highest BCUT2D eigenvalue weighted by Crippen LogP contribution is 2.24. The predicted molar refractivity (Wildman–Crippen MR) is 70.7 cm³/mol. The highest BCUT2D eigenvalue weighted by molar-refractivity contribution is 5.97. The summed E-state index contributed by atoms with van der Waals surface area (Å²) in [4.78, 5) is 27.2. The normalized spacial score (nSPS) is 21.0. The lowest BCUT2D eigenvalue weighted by molar-refractivity contribution is 0.0613. The van der Waals surface area contributed by atoms with Crippen molar-refractivity contribution in [2.75, 3.05) is 33.4 Å². The van der Waals surface area contributed by atoms with Crippen molar-refractivity contribution in [3.63, 3.8) is 0 Å². The lowest BCUT2D eigenvalue weighted by Gasteiger charge is -2.35. The second-order valence-corrected chi connectivity index (χ2v) is 5.02.